The van der Waals surface area contributed by atoms with Crippen LogP contribution < -0.4 is 5.32 Å². The Morgan fingerprint density at radius 3 is 2.57 bits per heavy atom. The Morgan fingerprint density at radius 1 is 1.19 bits per heavy atom. The topological polar surface area (TPSA) is 62.1 Å². The molecule has 106 valence electrons. The van der Waals surface area contributed by atoms with Crippen molar-refractivity contribution in [1.29, 1.82) is 5.26 Å². The molecule has 0 unspecified atom stereocenters. The normalized spacial score (nSPS) is 9.90. The highest BCUT2D eigenvalue weighted by atomic mass is 16.5. The number of carbonyl (C=O) groups excluding carboxylic acids is 1. The summed E-state index contributed by atoms with van der Waals surface area (Å²) in [6, 6.07) is 17.6. The summed E-state index contributed by atoms with van der Waals surface area (Å²) in [5.41, 5.74) is 3.66. The summed E-state index contributed by atoms with van der Waals surface area (Å²) in [5, 5.41) is 12.1. The van der Waals surface area contributed by atoms with E-state index in [1.165, 1.54) is 7.11 Å². The summed E-state index contributed by atoms with van der Waals surface area (Å²) < 4.78 is 4.56. The largest absolute Gasteiger partial charge is 0.468 e. The van der Waals surface area contributed by atoms with Crippen LogP contribution in [0.5, 0.6) is 0 Å². The first-order valence-electron chi connectivity index (χ1n) is 6.60. The third-order valence-electron chi connectivity index (χ3n) is 3.14. The van der Waals surface area contributed by atoms with Gasteiger partial charge in [-0.25, -0.2) is 0 Å². The average Bonchev–Trinajstić information content (AvgIpc) is 2.55. The maximum Gasteiger partial charge on any atom is 0.319 e. The zero-order valence-electron chi connectivity index (χ0n) is 11.8. The van der Waals surface area contributed by atoms with Crippen LogP contribution in [0.3, 0.4) is 0 Å². The second-order valence-corrected chi connectivity index (χ2v) is 4.53. The number of hydrogen-bond donors (Lipinski definition) is 1. The molecule has 0 spiro atoms. The van der Waals surface area contributed by atoms with Crippen LogP contribution in [-0.4, -0.2) is 19.6 Å². The average molecular weight is 280 g/mol. The molecule has 4 nitrogen and oxygen atoms in total. The molecular weight excluding hydrogens is 264 g/mol. The SMILES string of the molecule is COC(=O)CNCc1ccc(-c2ccccc2C#N)cc1. The van der Waals surface area contributed by atoms with E-state index in [9.17, 15) is 4.79 Å². The molecule has 0 heterocycles. The third-order valence-corrected chi connectivity index (χ3v) is 3.14. The lowest BCUT2D eigenvalue weighted by Gasteiger charge is -2.07. The van der Waals surface area contributed by atoms with Crippen molar-refractivity contribution in [3.05, 3.63) is 59.7 Å². The summed E-state index contributed by atoms with van der Waals surface area (Å²) in [4.78, 5) is 11.0. The van der Waals surface area contributed by atoms with Crippen LogP contribution in [-0.2, 0) is 16.1 Å². The van der Waals surface area contributed by atoms with Crippen molar-refractivity contribution in [2.75, 3.05) is 13.7 Å². The van der Waals surface area contributed by atoms with Crippen molar-refractivity contribution >= 4 is 5.97 Å². The van der Waals surface area contributed by atoms with E-state index in [0.29, 0.717) is 12.1 Å². The van der Waals surface area contributed by atoms with Gasteiger partial charge >= 0.3 is 5.97 Å². The Balaban J connectivity index is 2.05. The molecule has 0 aliphatic carbocycles. The molecule has 0 saturated heterocycles. The van der Waals surface area contributed by atoms with Crippen LogP contribution >= 0.6 is 0 Å². The maximum atomic E-state index is 11.0. The number of hydrogen-bond acceptors (Lipinski definition) is 4. The van der Waals surface area contributed by atoms with E-state index in [-0.39, 0.29) is 12.5 Å². The van der Waals surface area contributed by atoms with Crippen molar-refractivity contribution in [2.24, 2.45) is 0 Å². The minimum absolute atomic E-state index is 0.190. The van der Waals surface area contributed by atoms with Gasteiger partial charge in [-0.05, 0) is 22.8 Å². The molecule has 0 bridgehead atoms. The maximum absolute atomic E-state index is 11.0. The number of esters is 1. The predicted octanol–water partition coefficient (Wildman–Crippen LogP) is 2.49. The van der Waals surface area contributed by atoms with E-state index in [1.54, 1.807) is 6.07 Å². The second-order valence-electron chi connectivity index (χ2n) is 4.53. The molecule has 2 rings (SSSR count). The highest BCUT2D eigenvalue weighted by Crippen LogP contribution is 2.23. The van der Waals surface area contributed by atoms with Gasteiger partial charge in [0, 0.05) is 6.54 Å². The monoisotopic (exact) mass is 280 g/mol. The summed E-state index contributed by atoms with van der Waals surface area (Å²) in [6.45, 7) is 0.783. The third kappa shape index (κ3) is 3.91. The Hall–Kier alpha value is -2.64. The van der Waals surface area contributed by atoms with E-state index in [0.717, 1.165) is 16.7 Å². The first kappa shape index (κ1) is 14.8. The van der Waals surface area contributed by atoms with Crippen LogP contribution in [0.25, 0.3) is 11.1 Å². The van der Waals surface area contributed by atoms with Crippen LogP contribution in [0.1, 0.15) is 11.1 Å². The van der Waals surface area contributed by atoms with Crippen molar-refractivity contribution in [1.82, 2.24) is 5.32 Å². The van der Waals surface area contributed by atoms with Crippen molar-refractivity contribution in [3.8, 4) is 17.2 Å². The number of methoxy groups -OCH3 is 1. The van der Waals surface area contributed by atoms with E-state index < -0.39 is 0 Å². The molecule has 0 atom stereocenters. The van der Waals surface area contributed by atoms with Gasteiger partial charge in [0.25, 0.3) is 0 Å². The summed E-state index contributed by atoms with van der Waals surface area (Å²) in [5.74, 6) is -0.283. The molecule has 2 aromatic rings. The number of rotatable bonds is 5. The molecule has 0 aliphatic rings. The minimum atomic E-state index is -0.283. The lowest BCUT2D eigenvalue weighted by Crippen LogP contribution is -2.23. The second kappa shape index (κ2) is 7.22. The van der Waals surface area contributed by atoms with Gasteiger partial charge in [0.15, 0.2) is 0 Å². The van der Waals surface area contributed by atoms with Crippen molar-refractivity contribution in [3.63, 3.8) is 0 Å². The van der Waals surface area contributed by atoms with Gasteiger partial charge in [0.1, 0.15) is 0 Å². The Bertz CT molecular complexity index is 657. The first-order valence-corrected chi connectivity index (χ1v) is 6.60. The van der Waals surface area contributed by atoms with Crippen LogP contribution in [0.4, 0.5) is 0 Å². The Kier molecular flexibility index (Phi) is 5.08. The van der Waals surface area contributed by atoms with Gasteiger partial charge < -0.3 is 10.1 Å². The first-order chi connectivity index (χ1) is 10.2. The number of nitrogens with one attached hydrogen (secondary N) is 1. The van der Waals surface area contributed by atoms with E-state index in [2.05, 4.69) is 16.1 Å². The van der Waals surface area contributed by atoms with Crippen LogP contribution in [0.15, 0.2) is 48.5 Å². The fourth-order valence-electron chi connectivity index (χ4n) is 2.02. The molecule has 0 saturated carbocycles. The Labute approximate surface area is 124 Å². The molecule has 21 heavy (non-hydrogen) atoms. The van der Waals surface area contributed by atoms with Gasteiger partial charge in [-0.15, -0.1) is 0 Å². The lowest BCUT2D eigenvalue weighted by atomic mass is 9.99. The highest BCUT2D eigenvalue weighted by molar-refractivity contribution is 5.71. The number of nitriles is 1. The molecule has 0 aromatic heterocycles. The highest BCUT2D eigenvalue weighted by Gasteiger charge is 2.04. The fraction of sp³-hybridized carbons (Fsp3) is 0.176. The van der Waals surface area contributed by atoms with Crippen LogP contribution in [0, 0.1) is 11.3 Å². The smallest absolute Gasteiger partial charge is 0.319 e. The van der Waals surface area contributed by atoms with Gasteiger partial charge in [0.05, 0.1) is 25.3 Å². The van der Waals surface area contributed by atoms with Crippen molar-refractivity contribution < 1.29 is 9.53 Å². The zero-order chi connectivity index (χ0) is 15.1. The standard InChI is InChI=1S/C17H16N2O2/c1-21-17(20)12-19-11-13-6-8-14(9-7-13)16-5-3-2-4-15(16)10-18/h2-9,19H,11-12H2,1H3. The number of carbonyl (C=O) groups is 1. The lowest BCUT2D eigenvalue weighted by molar-refractivity contribution is -0.139. The van der Waals surface area contributed by atoms with Crippen molar-refractivity contribution in [2.45, 2.75) is 6.54 Å². The minimum Gasteiger partial charge on any atom is -0.468 e. The van der Waals surface area contributed by atoms with Gasteiger partial charge in [-0.2, -0.15) is 5.26 Å². The number of benzene rings is 2. The molecule has 0 amide bonds. The van der Waals surface area contributed by atoms with Gasteiger partial charge in [-0.1, -0.05) is 42.5 Å². The zero-order valence-corrected chi connectivity index (χ0v) is 11.8. The number of ether oxygens (including phenoxy) is 1. The van der Waals surface area contributed by atoms with Crippen LogP contribution in [0.2, 0.25) is 0 Å². The number of nitrogens with zero attached hydrogens (tertiary/aromatic N) is 1. The summed E-state index contributed by atoms with van der Waals surface area (Å²) >= 11 is 0. The fourth-order valence-corrected chi connectivity index (χ4v) is 2.02. The van der Waals surface area contributed by atoms with E-state index in [1.807, 2.05) is 42.5 Å². The Morgan fingerprint density at radius 2 is 1.90 bits per heavy atom. The predicted molar refractivity (Wildman–Crippen MR) is 80.3 cm³/mol. The summed E-state index contributed by atoms with van der Waals surface area (Å²) in [6.07, 6.45) is 0. The molecular formula is C17H16N2O2. The summed E-state index contributed by atoms with van der Waals surface area (Å²) in [7, 11) is 1.37. The molecule has 1 N–H and O–H groups in total. The molecule has 0 radical (unpaired) electrons. The van der Waals surface area contributed by atoms with E-state index in [4.69, 9.17) is 5.26 Å². The van der Waals surface area contributed by atoms with Gasteiger partial charge in [-0.3, -0.25) is 4.79 Å². The molecule has 2 aromatic carbocycles. The molecule has 0 aliphatic heterocycles. The molecule has 0 fully saturated rings. The van der Waals surface area contributed by atoms with Gasteiger partial charge in [0.2, 0.25) is 0 Å². The molecule has 4 heteroatoms. The van der Waals surface area contributed by atoms with E-state index >= 15 is 0 Å². The quantitative estimate of drug-likeness (QED) is 0.855.